The number of esters is 1. The molecule has 2 aliphatic rings. The molecule has 150 valence electrons. The van der Waals surface area contributed by atoms with Gasteiger partial charge in [0.05, 0.1) is 11.1 Å². The lowest BCUT2D eigenvalue weighted by atomic mass is 9.86. The van der Waals surface area contributed by atoms with Crippen LogP contribution < -0.4 is 5.32 Å². The molecule has 7 heteroatoms. The summed E-state index contributed by atoms with van der Waals surface area (Å²) in [5, 5.41) is 2.95. The zero-order valence-electron chi connectivity index (χ0n) is 16.4. The minimum atomic E-state index is -1.11. The van der Waals surface area contributed by atoms with Crippen molar-refractivity contribution >= 4 is 23.7 Å². The highest BCUT2D eigenvalue weighted by Gasteiger charge is 2.41. The van der Waals surface area contributed by atoms with Gasteiger partial charge in [0.25, 0.3) is 17.7 Å². The first-order valence-corrected chi connectivity index (χ1v) is 9.79. The number of nitrogens with one attached hydrogen (secondary N) is 1. The molecule has 0 bridgehead atoms. The first-order chi connectivity index (χ1) is 13.3. The van der Waals surface area contributed by atoms with Crippen LogP contribution in [0.1, 0.15) is 67.2 Å². The highest BCUT2D eigenvalue weighted by atomic mass is 16.5. The van der Waals surface area contributed by atoms with Crippen molar-refractivity contribution in [1.82, 2.24) is 10.2 Å². The Bertz CT molecular complexity index is 771. The van der Waals surface area contributed by atoms with Gasteiger partial charge < -0.3 is 10.1 Å². The summed E-state index contributed by atoms with van der Waals surface area (Å²) in [6.45, 7) is 5.03. The summed E-state index contributed by atoms with van der Waals surface area (Å²) in [6, 6.07) is 5.39. The molecule has 1 heterocycles. The van der Waals surface area contributed by atoms with Gasteiger partial charge in [-0.25, -0.2) is 4.79 Å². The van der Waals surface area contributed by atoms with E-state index < -0.39 is 29.9 Å². The fraction of sp³-hybridized carbons (Fsp3) is 0.524. The summed E-state index contributed by atoms with van der Waals surface area (Å²) < 4.78 is 5.26. The highest BCUT2D eigenvalue weighted by Crippen LogP contribution is 2.25. The predicted molar refractivity (Wildman–Crippen MR) is 102 cm³/mol. The van der Waals surface area contributed by atoms with Gasteiger partial charge in [-0.1, -0.05) is 31.9 Å². The molecule has 0 radical (unpaired) electrons. The predicted octanol–water partition coefficient (Wildman–Crippen LogP) is 2.30. The van der Waals surface area contributed by atoms with E-state index in [1.54, 1.807) is 24.3 Å². The van der Waals surface area contributed by atoms with Crippen molar-refractivity contribution in [2.24, 2.45) is 5.92 Å². The van der Waals surface area contributed by atoms with Crippen molar-refractivity contribution < 1.29 is 23.9 Å². The number of carbonyl (C=O) groups is 4. The standard InChI is InChI=1S/C21H26N2O5/c1-12-8-4-7-11-17(12)22-18(24)14(3)28-21(27)13(2)23-19(25)15-9-5-6-10-16(15)20(23)26/h5-6,9-10,12-14,17H,4,7-8,11H2,1-3H3,(H,22,24)/t12-,13+,14+,17+/m0/s1. The van der Waals surface area contributed by atoms with Crippen LogP contribution >= 0.6 is 0 Å². The SMILES string of the molecule is C[C@H](C(=O)O[C@H](C)C(=O)N[C@@H]1CCCC[C@@H]1C)N1C(=O)c2ccccc2C1=O. The first kappa shape index (κ1) is 20.0. The molecule has 0 spiro atoms. The quantitative estimate of drug-likeness (QED) is 0.619. The van der Waals surface area contributed by atoms with Crippen molar-refractivity contribution in [1.29, 1.82) is 0 Å². The number of amides is 3. The van der Waals surface area contributed by atoms with E-state index in [1.807, 2.05) is 0 Å². The number of benzene rings is 1. The van der Waals surface area contributed by atoms with Crippen molar-refractivity contribution in [3.63, 3.8) is 0 Å². The smallest absolute Gasteiger partial charge is 0.329 e. The number of rotatable bonds is 5. The van der Waals surface area contributed by atoms with Crippen LogP contribution in [0.4, 0.5) is 0 Å². The first-order valence-electron chi connectivity index (χ1n) is 9.79. The average Bonchev–Trinajstić information content (AvgIpc) is 2.93. The number of hydrogen-bond donors (Lipinski definition) is 1. The van der Waals surface area contributed by atoms with Crippen LogP contribution in [0.15, 0.2) is 24.3 Å². The van der Waals surface area contributed by atoms with E-state index in [2.05, 4.69) is 12.2 Å². The Labute approximate surface area is 164 Å². The second-order valence-corrected chi connectivity index (χ2v) is 7.66. The summed E-state index contributed by atoms with van der Waals surface area (Å²) in [6.07, 6.45) is 3.21. The number of hydrogen-bond acceptors (Lipinski definition) is 5. The van der Waals surface area contributed by atoms with Gasteiger partial charge in [0.15, 0.2) is 6.10 Å². The Hall–Kier alpha value is -2.70. The Morgan fingerprint density at radius 1 is 1.07 bits per heavy atom. The summed E-state index contributed by atoms with van der Waals surface area (Å²) in [7, 11) is 0. The van der Waals surface area contributed by atoms with Crippen molar-refractivity contribution in [3.8, 4) is 0 Å². The Balaban J connectivity index is 1.60. The van der Waals surface area contributed by atoms with Gasteiger partial charge in [-0.15, -0.1) is 0 Å². The molecule has 4 atom stereocenters. The van der Waals surface area contributed by atoms with E-state index in [0.29, 0.717) is 5.92 Å². The zero-order chi connectivity index (χ0) is 20.4. The summed E-state index contributed by atoms with van der Waals surface area (Å²) in [4.78, 5) is 50.8. The lowest BCUT2D eigenvalue weighted by molar-refractivity contribution is -0.158. The van der Waals surface area contributed by atoms with E-state index >= 15 is 0 Å². The van der Waals surface area contributed by atoms with Crippen LogP contribution in [-0.4, -0.2) is 46.8 Å². The molecular formula is C21H26N2O5. The van der Waals surface area contributed by atoms with Crippen molar-refractivity contribution in [3.05, 3.63) is 35.4 Å². The van der Waals surface area contributed by atoms with E-state index in [4.69, 9.17) is 4.74 Å². The van der Waals surface area contributed by atoms with Crippen LogP contribution in [-0.2, 0) is 14.3 Å². The van der Waals surface area contributed by atoms with Gasteiger partial charge in [-0.2, -0.15) is 0 Å². The van der Waals surface area contributed by atoms with Crippen LogP contribution in [0, 0.1) is 5.92 Å². The Morgan fingerprint density at radius 2 is 1.64 bits per heavy atom. The molecule has 3 amide bonds. The molecule has 1 aromatic rings. The molecule has 3 rings (SSSR count). The molecule has 1 aliphatic heterocycles. The second kappa shape index (κ2) is 8.12. The molecule has 0 unspecified atom stereocenters. The monoisotopic (exact) mass is 386 g/mol. The molecule has 0 aromatic heterocycles. The van der Waals surface area contributed by atoms with E-state index in [1.165, 1.54) is 13.8 Å². The maximum Gasteiger partial charge on any atom is 0.329 e. The van der Waals surface area contributed by atoms with Crippen molar-refractivity contribution in [2.75, 3.05) is 0 Å². The third kappa shape index (κ3) is 3.79. The third-order valence-electron chi connectivity index (χ3n) is 5.66. The van der Waals surface area contributed by atoms with E-state index in [9.17, 15) is 19.2 Å². The van der Waals surface area contributed by atoms with Gasteiger partial charge in [0.2, 0.25) is 0 Å². The van der Waals surface area contributed by atoms with E-state index in [0.717, 1.165) is 30.6 Å². The van der Waals surface area contributed by atoms with Crippen molar-refractivity contribution in [2.45, 2.75) is 64.6 Å². The van der Waals surface area contributed by atoms with Crippen LogP contribution in [0.5, 0.6) is 0 Å². The molecule has 1 aromatic carbocycles. The third-order valence-corrected chi connectivity index (χ3v) is 5.66. The Kier molecular flexibility index (Phi) is 5.82. The Morgan fingerprint density at radius 3 is 2.21 bits per heavy atom. The van der Waals surface area contributed by atoms with Gasteiger partial charge >= 0.3 is 5.97 Å². The normalized spacial score (nSPS) is 23.8. The van der Waals surface area contributed by atoms with Crippen LogP contribution in [0.3, 0.4) is 0 Å². The number of carbonyl (C=O) groups excluding carboxylic acids is 4. The fourth-order valence-electron chi connectivity index (χ4n) is 3.82. The lowest BCUT2D eigenvalue weighted by Gasteiger charge is -2.30. The average molecular weight is 386 g/mol. The van der Waals surface area contributed by atoms with Gasteiger partial charge in [0, 0.05) is 6.04 Å². The fourth-order valence-corrected chi connectivity index (χ4v) is 3.82. The molecule has 1 aliphatic carbocycles. The molecule has 1 saturated carbocycles. The number of imide groups is 1. The summed E-state index contributed by atoms with van der Waals surface area (Å²) in [5.74, 6) is -1.82. The van der Waals surface area contributed by atoms with E-state index in [-0.39, 0.29) is 23.1 Å². The summed E-state index contributed by atoms with van der Waals surface area (Å²) >= 11 is 0. The maximum atomic E-state index is 12.5. The molecule has 1 N–H and O–H groups in total. The van der Waals surface area contributed by atoms with Crippen LogP contribution in [0.25, 0.3) is 0 Å². The largest absolute Gasteiger partial charge is 0.451 e. The number of ether oxygens (including phenoxy) is 1. The van der Waals surface area contributed by atoms with Crippen LogP contribution in [0.2, 0.25) is 0 Å². The van der Waals surface area contributed by atoms with Gasteiger partial charge in [0.1, 0.15) is 6.04 Å². The zero-order valence-corrected chi connectivity index (χ0v) is 16.4. The summed E-state index contributed by atoms with van der Waals surface area (Å²) in [5.41, 5.74) is 0.536. The molecule has 7 nitrogen and oxygen atoms in total. The molecule has 1 fully saturated rings. The number of nitrogens with zero attached hydrogens (tertiary/aromatic N) is 1. The minimum Gasteiger partial charge on any atom is -0.451 e. The molecule has 28 heavy (non-hydrogen) atoms. The van der Waals surface area contributed by atoms with Gasteiger partial charge in [-0.3, -0.25) is 19.3 Å². The second-order valence-electron chi connectivity index (χ2n) is 7.66. The van der Waals surface area contributed by atoms with Gasteiger partial charge in [-0.05, 0) is 44.7 Å². The maximum absolute atomic E-state index is 12.5. The lowest BCUT2D eigenvalue weighted by Crippen LogP contribution is -2.48. The minimum absolute atomic E-state index is 0.0797. The molecule has 0 saturated heterocycles. The topological polar surface area (TPSA) is 92.8 Å². The number of fused-ring (bicyclic) bond motifs is 1. The highest BCUT2D eigenvalue weighted by molar-refractivity contribution is 6.22. The molecular weight excluding hydrogens is 360 g/mol.